The standard InChI is InChI=1S/C12H22O2/c1-10(2)5-4-6-11(3)9-12-13-7-8-14-12/h9-10,12H,4-8H2,1-3H3/b11-9-. The van der Waals surface area contributed by atoms with Crippen LogP contribution in [0.4, 0.5) is 0 Å². The SMILES string of the molecule is C/C(=C/C1OCCO1)CCCC(C)C. The van der Waals surface area contributed by atoms with Gasteiger partial charge in [-0.1, -0.05) is 25.8 Å². The first-order valence-electron chi connectivity index (χ1n) is 5.59. The van der Waals surface area contributed by atoms with Crippen molar-refractivity contribution in [2.24, 2.45) is 5.92 Å². The summed E-state index contributed by atoms with van der Waals surface area (Å²) in [5.41, 5.74) is 1.39. The molecule has 0 aromatic heterocycles. The maximum Gasteiger partial charge on any atom is 0.177 e. The van der Waals surface area contributed by atoms with Gasteiger partial charge in [-0.3, -0.25) is 0 Å². The number of hydrogen-bond donors (Lipinski definition) is 0. The summed E-state index contributed by atoms with van der Waals surface area (Å²) in [5.74, 6) is 0.807. The smallest absolute Gasteiger partial charge is 0.177 e. The Morgan fingerprint density at radius 1 is 1.36 bits per heavy atom. The Bertz CT molecular complexity index is 179. The van der Waals surface area contributed by atoms with Crippen molar-refractivity contribution in [1.82, 2.24) is 0 Å². The largest absolute Gasteiger partial charge is 0.347 e. The molecule has 0 aliphatic carbocycles. The van der Waals surface area contributed by atoms with Crippen LogP contribution in [0.1, 0.15) is 40.0 Å². The maximum absolute atomic E-state index is 5.35. The molecule has 0 unspecified atom stereocenters. The molecule has 1 aliphatic heterocycles. The summed E-state index contributed by atoms with van der Waals surface area (Å²) in [6.45, 7) is 8.16. The van der Waals surface area contributed by atoms with E-state index in [1.807, 2.05) is 0 Å². The van der Waals surface area contributed by atoms with Gasteiger partial charge >= 0.3 is 0 Å². The lowest BCUT2D eigenvalue weighted by molar-refractivity contribution is -0.00225. The lowest BCUT2D eigenvalue weighted by Crippen LogP contribution is -2.03. The molecular formula is C12H22O2. The predicted octanol–water partition coefficient (Wildman–Crippen LogP) is 3.13. The third-order valence-corrected chi connectivity index (χ3v) is 2.42. The fraction of sp³-hybridized carbons (Fsp3) is 0.833. The van der Waals surface area contributed by atoms with E-state index in [1.54, 1.807) is 0 Å². The Balaban J connectivity index is 2.16. The molecule has 2 heteroatoms. The molecule has 14 heavy (non-hydrogen) atoms. The van der Waals surface area contributed by atoms with E-state index in [-0.39, 0.29) is 6.29 Å². The minimum atomic E-state index is -0.0750. The van der Waals surface area contributed by atoms with Crippen LogP contribution in [0.3, 0.4) is 0 Å². The topological polar surface area (TPSA) is 18.5 Å². The Morgan fingerprint density at radius 2 is 2.00 bits per heavy atom. The summed E-state index contributed by atoms with van der Waals surface area (Å²) in [6, 6.07) is 0. The molecule has 82 valence electrons. The summed E-state index contributed by atoms with van der Waals surface area (Å²) in [4.78, 5) is 0. The van der Waals surface area contributed by atoms with Crippen molar-refractivity contribution in [2.45, 2.75) is 46.3 Å². The quantitative estimate of drug-likeness (QED) is 0.632. The van der Waals surface area contributed by atoms with Gasteiger partial charge in [-0.2, -0.15) is 0 Å². The molecule has 2 nitrogen and oxygen atoms in total. The summed E-state index contributed by atoms with van der Waals surface area (Å²) in [7, 11) is 0. The molecule has 0 spiro atoms. The summed E-state index contributed by atoms with van der Waals surface area (Å²) in [5, 5.41) is 0. The van der Waals surface area contributed by atoms with Crippen molar-refractivity contribution in [3.63, 3.8) is 0 Å². The molecule has 0 aromatic carbocycles. The maximum atomic E-state index is 5.35. The van der Waals surface area contributed by atoms with Gasteiger partial charge in [0.05, 0.1) is 13.2 Å². The van der Waals surface area contributed by atoms with E-state index in [0.717, 1.165) is 19.1 Å². The van der Waals surface area contributed by atoms with Gasteiger partial charge in [0, 0.05) is 0 Å². The number of allylic oxidation sites excluding steroid dienone is 1. The van der Waals surface area contributed by atoms with E-state index < -0.39 is 0 Å². The molecule has 0 bridgehead atoms. The highest BCUT2D eigenvalue weighted by Gasteiger charge is 2.12. The van der Waals surface area contributed by atoms with Gasteiger partial charge in [0.15, 0.2) is 6.29 Å². The van der Waals surface area contributed by atoms with E-state index >= 15 is 0 Å². The number of ether oxygens (including phenoxy) is 2. The zero-order valence-electron chi connectivity index (χ0n) is 9.58. The van der Waals surface area contributed by atoms with Crippen molar-refractivity contribution < 1.29 is 9.47 Å². The number of rotatable bonds is 5. The van der Waals surface area contributed by atoms with Crippen LogP contribution < -0.4 is 0 Å². The van der Waals surface area contributed by atoms with Crippen LogP contribution >= 0.6 is 0 Å². The Hall–Kier alpha value is -0.340. The molecule has 0 amide bonds. The van der Waals surface area contributed by atoms with Crippen molar-refractivity contribution in [3.8, 4) is 0 Å². The van der Waals surface area contributed by atoms with Gasteiger partial charge in [-0.25, -0.2) is 0 Å². The second-order valence-corrected chi connectivity index (χ2v) is 4.41. The highest BCUT2D eigenvalue weighted by molar-refractivity contribution is 5.00. The first-order valence-corrected chi connectivity index (χ1v) is 5.59. The van der Waals surface area contributed by atoms with Crippen molar-refractivity contribution in [2.75, 3.05) is 13.2 Å². The lowest BCUT2D eigenvalue weighted by Gasteiger charge is -2.07. The normalized spacial score (nSPS) is 19.6. The van der Waals surface area contributed by atoms with Crippen molar-refractivity contribution in [3.05, 3.63) is 11.6 Å². The zero-order chi connectivity index (χ0) is 10.4. The van der Waals surface area contributed by atoms with E-state index in [1.165, 1.54) is 24.8 Å². The average molecular weight is 198 g/mol. The minimum Gasteiger partial charge on any atom is -0.347 e. The van der Waals surface area contributed by atoms with Crippen LogP contribution in [-0.2, 0) is 9.47 Å². The molecule has 1 saturated heterocycles. The molecule has 0 atom stereocenters. The Kier molecular flexibility index (Phi) is 5.20. The summed E-state index contributed by atoms with van der Waals surface area (Å²) >= 11 is 0. The van der Waals surface area contributed by atoms with E-state index in [9.17, 15) is 0 Å². The molecule has 1 rings (SSSR count). The second-order valence-electron chi connectivity index (χ2n) is 4.41. The molecule has 1 fully saturated rings. The van der Waals surface area contributed by atoms with Gasteiger partial charge in [0.25, 0.3) is 0 Å². The Labute approximate surface area is 87.3 Å². The van der Waals surface area contributed by atoms with E-state index in [0.29, 0.717) is 0 Å². The molecule has 1 aliphatic rings. The first kappa shape index (κ1) is 11.7. The van der Waals surface area contributed by atoms with Crippen LogP contribution in [0, 0.1) is 5.92 Å². The fourth-order valence-electron chi connectivity index (χ4n) is 1.58. The molecule has 0 radical (unpaired) electrons. The third kappa shape index (κ3) is 4.77. The predicted molar refractivity (Wildman–Crippen MR) is 58.1 cm³/mol. The second kappa shape index (κ2) is 6.20. The lowest BCUT2D eigenvalue weighted by atomic mass is 10.0. The van der Waals surface area contributed by atoms with Gasteiger partial charge in [-0.15, -0.1) is 0 Å². The molecule has 0 N–H and O–H groups in total. The molecular weight excluding hydrogens is 176 g/mol. The Morgan fingerprint density at radius 3 is 2.57 bits per heavy atom. The minimum absolute atomic E-state index is 0.0750. The van der Waals surface area contributed by atoms with Crippen LogP contribution in [0.2, 0.25) is 0 Å². The van der Waals surface area contributed by atoms with Crippen LogP contribution in [0.15, 0.2) is 11.6 Å². The zero-order valence-corrected chi connectivity index (χ0v) is 9.58. The highest BCUT2D eigenvalue weighted by atomic mass is 16.7. The average Bonchev–Trinajstić information content (AvgIpc) is 2.56. The van der Waals surface area contributed by atoms with Gasteiger partial charge in [0.1, 0.15) is 0 Å². The van der Waals surface area contributed by atoms with Crippen molar-refractivity contribution in [1.29, 1.82) is 0 Å². The van der Waals surface area contributed by atoms with E-state index in [4.69, 9.17) is 9.47 Å². The van der Waals surface area contributed by atoms with Gasteiger partial charge in [-0.05, 0) is 31.8 Å². The molecule has 0 saturated carbocycles. The van der Waals surface area contributed by atoms with E-state index in [2.05, 4.69) is 26.8 Å². The number of hydrogen-bond acceptors (Lipinski definition) is 2. The van der Waals surface area contributed by atoms with Crippen LogP contribution in [0.25, 0.3) is 0 Å². The van der Waals surface area contributed by atoms with Crippen molar-refractivity contribution >= 4 is 0 Å². The monoisotopic (exact) mass is 198 g/mol. The summed E-state index contributed by atoms with van der Waals surface area (Å²) < 4.78 is 10.7. The van der Waals surface area contributed by atoms with Gasteiger partial charge in [0.2, 0.25) is 0 Å². The summed E-state index contributed by atoms with van der Waals surface area (Å²) in [6.07, 6.45) is 5.77. The first-order chi connectivity index (χ1) is 6.68. The third-order valence-electron chi connectivity index (χ3n) is 2.42. The van der Waals surface area contributed by atoms with Crippen LogP contribution in [-0.4, -0.2) is 19.5 Å². The van der Waals surface area contributed by atoms with Crippen LogP contribution in [0.5, 0.6) is 0 Å². The molecule has 1 heterocycles. The fourth-order valence-corrected chi connectivity index (χ4v) is 1.58. The highest BCUT2D eigenvalue weighted by Crippen LogP contribution is 2.14. The van der Waals surface area contributed by atoms with Gasteiger partial charge < -0.3 is 9.47 Å². The molecule has 0 aromatic rings.